The zero-order chi connectivity index (χ0) is 15.4. The molecule has 0 radical (unpaired) electrons. The molecule has 0 aliphatic heterocycles. The number of aromatic nitrogens is 2. The molecule has 0 fully saturated rings. The molecule has 21 heavy (non-hydrogen) atoms. The number of nitrogens with two attached hydrogens (primary N) is 3. The van der Waals surface area contributed by atoms with Crippen molar-refractivity contribution >= 4 is 11.5 Å². The first-order valence-electron chi connectivity index (χ1n) is 6.33. The van der Waals surface area contributed by atoms with Crippen molar-refractivity contribution < 1.29 is 0 Å². The van der Waals surface area contributed by atoms with Gasteiger partial charge in [-0.15, -0.1) is 0 Å². The van der Waals surface area contributed by atoms with Gasteiger partial charge in [-0.2, -0.15) is 4.98 Å². The van der Waals surface area contributed by atoms with Gasteiger partial charge in [-0.3, -0.25) is 0 Å². The van der Waals surface area contributed by atoms with Crippen LogP contribution < -0.4 is 23.0 Å². The molecule has 1 aromatic carbocycles. The van der Waals surface area contributed by atoms with Crippen LogP contribution in [0.4, 0.5) is 5.82 Å². The number of benzene rings is 1. The van der Waals surface area contributed by atoms with Crippen molar-refractivity contribution in [1.82, 2.24) is 14.6 Å². The number of anilines is 1. The maximum atomic E-state index is 11.4. The molecule has 0 spiro atoms. The van der Waals surface area contributed by atoms with E-state index in [0.717, 1.165) is 5.56 Å². The van der Waals surface area contributed by atoms with Gasteiger partial charge in [-0.25, -0.2) is 10.6 Å². The molecule has 6 N–H and O–H groups in total. The normalized spacial score (nSPS) is 11.4. The molecule has 0 bridgehead atoms. The van der Waals surface area contributed by atoms with Crippen LogP contribution in [0.3, 0.4) is 0 Å². The van der Waals surface area contributed by atoms with Crippen LogP contribution in [0.1, 0.15) is 11.1 Å². The molecular formula is C14H18N6O. The minimum absolute atomic E-state index is 0.0833. The Balaban J connectivity index is 2.21. The lowest BCUT2D eigenvalue weighted by molar-refractivity contribution is 0.388. The Kier molecular flexibility index (Phi) is 4.24. The SMILES string of the molecule is Cn1cc(/C(N)=C/N(N)Cc2ccccc2)c(N)nc1=O. The maximum Gasteiger partial charge on any atom is 0.349 e. The van der Waals surface area contributed by atoms with Crippen molar-refractivity contribution in [2.75, 3.05) is 5.73 Å². The quantitative estimate of drug-likeness (QED) is 0.538. The smallest absolute Gasteiger partial charge is 0.349 e. The van der Waals surface area contributed by atoms with Crippen LogP contribution in [0.2, 0.25) is 0 Å². The zero-order valence-corrected chi connectivity index (χ0v) is 11.7. The van der Waals surface area contributed by atoms with Crippen molar-refractivity contribution in [1.29, 1.82) is 0 Å². The predicted molar refractivity (Wildman–Crippen MR) is 82.2 cm³/mol. The fraction of sp³-hybridized carbons (Fsp3) is 0.143. The fourth-order valence-electron chi connectivity index (χ4n) is 1.87. The van der Waals surface area contributed by atoms with Crippen LogP contribution in [-0.2, 0) is 13.6 Å². The summed E-state index contributed by atoms with van der Waals surface area (Å²) in [6.45, 7) is 0.501. The second kappa shape index (κ2) is 6.10. The predicted octanol–water partition coefficient (Wildman–Crippen LogP) is -0.00450. The second-order valence-electron chi connectivity index (χ2n) is 4.68. The number of aryl methyl sites for hydroxylation is 1. The molecule has 0 saturated heterocycles. The molecule has 1 heterocycles. The first kappa shape index (κ1) is 14.6. The molecule has 0 unspecified atom stereocenters. The van der Waals surface area contributed by atoms with Crippen LogP contribution in [0.25, 0.3) is 5.70 Å². The average molecular weight is 286 g/mol. The number of nitrogen functional groups attached to an aromatic ring is 1. The minimum Gasteiger partial charge on any atom is -0.397 e. The zero-order valence-electron chi connectivity index (χ0n) is 11.7. The van der Waals surface area contributed by atoms with Gasteiger partial charge in [0.2, 0.25) is 0 Å². The van der Waals surface area contributed by atoms with E-state index in [1.54, 1.807) is 13.2 Å². The molecule has 0 aliphatic carbocycles. The highest BCUT2D eigenvalue weighted by molar-refractivity contribution is 5.69. The Morgan fingerprint density at radius 3 is 2.71 bits per heavy atom. The molecule has 0 aliphatic rings. The van der Waals surface area contributed by atoms with Gasteiger partial charge in [-0.05, 0) is 5.56 Å². The number of hydrogen-bond donors (Lipinski definition) is 3. The van der Waals surface area contributed by atoms with E-state index in [9.17, 15) is 4.79 Å². The lowest BCUT2D eigenvalue weighted by Gasteiger charge is -2.15. The summed E-state index contributed by atoms with van der Waals surface area (Å²) in [6, 6.07) is 9.74. The molecule has 2 rings (SSSR count). The first-order valence-corrected chi connectivity index (χ1v) is 6.33. The maximum absolute atomic E-state index is 11.4. The third kappa shape index (κ3) is 3.61. The number of hydrogen-bond acceptors (Lipinski definition) is 6. The first-order chi connectivity index (χ1) is 9.97. The van der Waals surface area contributed by atoms with Gasteiger partial charge in [0, 0.05) is 19.4 Å². The van der Waals surface area contributed by atoms with E-state index >= 15 is 0 Å². The summed E-state index contributed by atoms with van der Waals surface area (Å²) in [4.78, 5) is 15.0. The van der Waals surface area contributed by atoms with Crippen molar-refractivity contribution in [3.63, 3.8) is 0 Å². The van der Waals surface area contributed by atoms with Gasteiger partial charge in [0.25, 0.3) is 0 Å². The summed E-state index contributed by atoms with van der Waals surface area (Å²) in [5.41, 5.74) is 13.1. The number of hydrazine groups is 1. The summed E-state index contributed by atoms with van der Waals surface area (Å²) in [5.74, 6) is 5.99. The Morgan fingerprint density at radius 1 is 1.38 bits per heavy atom. The molecular weight excluding hydrogens is 268 g/mol. The average Bonchev–Trinajstić information content (AvgIpc) is 2.43. The molecule has 0 atom stereocenters. The highest BCUT2D eigenvalue weighted by Gasteiger charge is 2.07. The van der Waals surface area contributed by atoms with E-state index in [-0.39, 0.29) is 5.82 Å². The summed E-state index contributed by atoms with van der Waals surface area (Å²) in [5, 5.41) is 1.45. The molecule has 7 nitrogen and oxygen atoms in total. The van der Waals surface area contributed by atoms with Crippen LogP contribution in [0, 0.1) is 0 Å². The Morgan fingerprint density at radius 2 is 2.05 bits per heavy atom. The molecule has 2 aromatic rings. The third-order valence-corrected chi connectivity index (χ3v) is 2.94. The van der Waals surface area contributed by atoms with Crippen molar-refractivity contribution in [3.8, 4) is 0 Å². The Bertz CT molecular complexity index is 707. The van der Waals surface area contributed by atoms with E-state index in [2.05, 4.69) is 4.98 Å². The monoisotopic (exact) mass is 286 g/mol. The van der Waals surface area contributed by atoms with Crippen LogP contribution in [-0.4, -0.2) is 14.6 Å². The fourth-order valence-corrected chi connectivity index (χ4v) is 1.87. The van der Waals surface area contributed by atoms with Gasteiger partial charge in [-0.1, -0.05) is 30.3 Å². The Hall–Kier alpha value is -2.80. The van der Waals surface area contributed by atoms with E-state index in [0.29, 0.717) is 17.8 Å². The van der Waals surface area contributed by atoms with E-state index in [4.69, 9.17) is 17.3 Å². The summed E-state index contributed by atoms with van der Waals surface area (Å²) < 4.78 is 1.31. The van der Waals surface area contributed by atoms with Crippen LogP contribution >= 0.6 is 0 Å². The van der Waals surface area contributed by atoms with Crippen LogP contribution in [0.5, 0.6) is 0 Å². The number of rotatable bonds is 4. The molecule has 1 aromatic heterocycles. The van der Waals surface area contributed by atoms with E-state index < -0.39 is 5.69 Å². The Labute approximate surface area is 122 Å². The molecule has 0 saturated carbocycles. The topological polar surface area (TPSA) is 116 Å². The second-order valence-corrected chi connectivity index (χ2v) is 4.68. The largest absolute Gasteiger partial charge is 0.397 e. The van der Waals surface area contributed by atoms with E-state index in [1.165, 1.54) is 15.8 Å². The third-order valence-electron chi connectivity index (χ3n) is 2.94. The van der Waals surface area contributed by atoms with Crippen LogP contribution in [0.15, 0.2) is 47.5 Å². The van der Waals surface area contributed by atoms with Gasteiger partial charge >= 0.3 is 5.69 Å². The van der Waals surface area contributed by atoms with Crippen molar-refractivity contribution in [2.24, 2.45) is 18.6 Å². The van der Waals surface area contributed by atoms with Crippen molar-refractivity contribution in [3.05, 3.63) is 64.3 Å². The highest BCUT2D eigenvalue weighted by atomic mass is 16.1. The lowest BCUT2D eigenvalue weighted by Crippen LogP contribution is -2.27. The number of nitrogens with zero attached hydrogens (tertiary/aromatic N) is 3. The van der Waals surface area contributed by atoms with E-state index in [1.807, 2.05) is 30.3 Å². The summed E-state index contributed by atoms with van der Waals surface area (Å²) in [7, 11) is 1.58. The molecule has 0 amide bonds. The van der Waals surface area contributed by atoms with Crippen molar-refractivity contribution in [2.45, 2.75) is 6.54 Å². The van der Waals surface area contributed by atoms with Gasteiger partial charge in [0.05, 0.1) is 17.8 Å². The summed E-state index contributed by atoms with van der Waals surface area (Å²) in [6.07, 6.45) is 3.09. The van der Waals surface area contributed by atoms with Gasteiger partial charge in [0.15, 0.2) is 0 Å². The molecule has 7 heteroatoms. The summed E-state index contributed by atoms with van der Waals surface area (Å²) >= 11 is 0. The minimum atomic E-state index is -0.432. The van der Waals surface area contributed by atoms with Gasteiger partial charge in [0.1, 0.15) is 5.82 Å². The highest BCUT2D eigenvalue weighted by Crippen LogP contribution is 2.13. The lowest BCUT2D eigenvalue weighted by atomic mass is 10.2. The van der Waals surface area contributed by atoms with Gasteiger partial charge < -0.3 is 21.0 Å². The standard InChI is InChI=1S/C14H18N6O/c1-19-8-11(13(16)18-14(19)21)12(15)9-20(17)7-10-5-3-2-4-6-10/h2-6,8-9H,7,15,17H2,1H3,(H2,16,18,21)/b12-9-. The molecule has 110 valence electrons.